The molecule has 1 aliphatic heterocycles. The van der Waals surface area contributed by atoms with E-state index in [9.17, 15) is 39.6 Å². The molecular formula is C48H59NO13. The van der Waals surface area contributed by atoms with Gasteiger partial charge in [-0.15, -0.1) is 13.2 Å². The lowest BCUT2D eigenvalue weighted by Crippen LogP contribution is -2.81. The van der Waals surface area contributed by atoms with E-state index in [1.807, 2.05) is 0 Å². The molecule has 2 bridgehead atoms. The van der Waals surface area contributed by atoms with Gasteiger partial charge < -0.3 is 44.7 Å². The van der Waals surface area contributed by atoms with E-state index in [1.54, 1.807) is 74.5 Å². The van der Waals surface area contributed by atoms with E-state index in [1.165, 1.54) is 19.9 Å². The molecule has 334 valence electrons. The van der Waals surface area contributed by atoms with Crippen LogP contribution in [0.4, 0.5) is 0 Å². The highest BCUT2D eigenvalue weighted by molar-refractivity contribution is 5.94. The van der Waals surface area contributed by atoms with Gasteiger partial charge in [0.2, 0.25) is 5.91 Å². The van der Waals surface area contributed by atoms with E-state index in [-0.39, 0.29) is 36.2 Å². The summed E-state index contributed by atoms with van der Waals surface area (Å²) in [6.07, 6.45) is -4.55. The zero-order chi connectivity index (χ0) is 45.4. The summed E-state index contributed by atoms with van der Waals surface area (Å²) in [7, 11) is 0. The highest BCUT2D eigenvalue weighted by Crippen LogP contribution is 2.64. The summed E-state index contributed by atoms with van der Waals surface area (Å²) in [6, 6.07) is 13.7. The van der Waals surface area contributed by atoms with E-state index in [0.29, 0.717) is 31.2 Å². The van der Waals surface area contributed by atoms with E-state index < -0.39 is 107 Å². The van der Waals surface area contributed by atoms with Crippen molar-refractivity contribution in [2.75, 3.05) is 6.61 Å². The van der Waals surface area contributed by atoms with E-state index in [2.05, 4.69) is 18.5 Å². The van der Waals surface area contributed by atoms with Crippen molar-refractivity contribution in [1.82, 2.24) is 5.32 Å². The number of hydrogen-bond acceptors (Lipinski definition) is 13. The summed E-state index contributed by atoms with van der Waals surface area (Å²) >= 11 is 0. The van der Waals surface area contributed by atoms with Crippen LogP contribution in [0.3, 0.4) is 0 Å². The molecule has 0 radical (unpaired) electrons. The van der Waals surface area contributed by atoms with Crippen LogP contribution in [0.25, 0.3) is 0 Å². The summed E-state index contributed by atoms with van der Waals surface area (Å²) in [4.78, 5) is 69.8. The number of unbranched alkanes of at least 4 members (excludes halogenated alkanes) is 2. The normalized spacial score (nSPS) is 31.9. The topological polar surface area (TPSA) is 215 Å². The quantitative estimate of drug-likeness (QED) is 0.0731. The molecule has 2 aromatic rings. The van der Waals surface area contributed by atoms with Crippen LogP contribution < -0.4 is 5.32 Å². The molecule has 1 heterocycles. The second kappa shape index (κ2) is 18.0. The van der Waals surface area contributed by atoms with Gasteiger partial charge in [-0.2, -0.15) is 0 Å². The Labute approximate surface area is 362 Å². The zero-order valence-corrected chi connectivity index (χ0v) is 36.0. The number of aliphatic hydroxyl groups excluding tert-OH is 3. The van der Waals surface area contributed by atoms with Gasteiger partial charge in [0.25, 0.3) is 0 Å². The number of ketones is 1. The largest absolute Gasteiger partial charge is 0.456 e. The fraction of sp³-hybridized carbons (Fsp3) is 0.521. The fourth-order valence-electron chi connectivity index (χ4n) is 10.4. The molecule has 0 aromatic heterocycles. The van der Waals surface area contributed by atoms with Crippen molar-refractivity contribution in [3.05, 3.63) is 108 Å². The summed E-state index contributed by atoms with van der Waals surface area (Å²) in [6.45, 7) is 14.4. The van der Waals surface area contributed by atoms with Gasteiger partial charge in [0.15, 0.2) is 17.5 Å². The van der Waals surface area contributed by atoms with Crippen molar-refractivity contribution in [2.45, 2.75) is 133 Å². The molecular weight excluding hydrogens is 799 g/mol. The molecule has 1 amide bonds. The number of esters is 3. The lowest BCUT2D eigenvalue weighted by Gasteiger charge is -2.67. The maximum absolute atomic E-state index is 15.1. The van der Waals surface area contributed by atoms with Gasteiger partial charge in [0.05, 0.1) is 35.6 Å². The average Bonchev–Trinajstić information content (AvgIpc) is 3.23. The van der Waals surface area contributed by atoms with Gasteiger partial charge in [-0.3, -0.25) is 14.4 Å². The first kappa shape index (κ1) is 46.5. The van der Waals surface area contributed by atoms with Crippen LogP contribution in [-0.4, -0.2) is 104 Å². The van der Waals surface area contributed by atoms with Crippen molar-refractivity contribution >= 4 is 29.6 Å². The molecule has 5 N–H and O–H groups in total. The SMILES string of the molecule is C=CCCCCC(=O)N[C@@H](c1ccccc1)[C@@H](O)C(=O)O[C@H]1C[C@@]2(O)[C@@H](OC(=O)c3cccc(CC=C)c3)[C@@H]3[C@]4(OC(C)=O)CO[C@@H]4C[C@H](O)[C@@]3(C)C(=O)[C@H](O)C(=C1C)C2(C)C. The van der Waals surface area contributed by atoms with Crippen LogP contribution >= 0.6 is 0 Å². The molecule has 2 aromatic carbocycles. The Hall–Kier alpha value is -4.99. The summed E-state index contributed by atoms with van der Waals surface area (Å²) < 4.78 is 24.4. The lowest BCUT2D eigenvalue weighted by atomic mass is 9.44. The highest BCUT2D eigenvalue weighted by atomic mass is 16.6. The van der Waals surface area contributed by atoms with Crippen LogP contribution in [0.2, 0.25) is 0 Å². The standard InChI is InChI=1S/C48H59NO13/c1-8-10-11-15-22-35(52)49-37(30-19-13-12-14-20-30)39(54)44(57)60-32-25-48(58)42(61-43(56)31-21-16-18-29(23-31)17-9-2)40-46(7,41(55)38(53)36(27(32)3)45(48,5)6)33(51)24-34-47(40,26-59-34)62-28(4)50/h8-9,12-14,16,18-21,23,32-34,37-40,42,51,53-54,58H,1-2,10-11,15,17,22,24-26H2,3-7H3,(H,49,52)/t32-,33-,34+,37-,38+,39+,40-,42-,46+,47-,48+/m0/s1. The minimum absolute atomic E-state index is 0.0506. The van der Waals surface area contributed by atoms with Crippen LogP contribution in [0.1, 0.15) is 101 Å². The van der Waals surface area contributed by atoms with Crippen molar-refractivity contribution in [2.24, 2.45) is 16.7 Å². The molecule has 1 saturated heterocycles. The van der Waals surface area contributed by atoms with Crippen molar-refractivity contribution in [1.29, 1.82) is 0 Å². The first-order valence-corrected chi connectivity index (χ1v) is 21.2. The molecule has 4 aliphatic rings. The first-order chi connectivity index (χ1) is 29.3. The van der Waals surface area contributed by atoms with Gasteiger partial charge >= 0.3 is 17.9 Å². The van der Waals surface area contributed by atoms with Crippen molar-refractivity contribution in [3.63, 3.8) is 0 Å². The Morgan fingerprint density at radius 1 is 1.00 bits per heavy atom. The molecule has 2 saturated carbocycles. The predicted octanol–water partition coefficient (Wildman–Crippen LogP) is 4.33. The third-order valence-electron chi connectivity index (χ3n) is 13.8. The molecule has 3 fully saturated rings. The minimum atomic E-state index is -2.36. The Morgan fingerprint density at radius 2 is 1.71 bits per heavy atom. The smallest absolute Gasteiger partial charge is 0.338 e. The number of rotatable bonds is 15. The van der Waals surface area contributed by atoms with Crippen LogP contribution in [-0.2, 0) is 44.5 Å². The number of fused-ring (bicyclic) bond motifs is 5. The van der Waals surface area contributed by atoms with Crippen LogP contribution in [0, 0.1) is 16.7 Å². The molecule has 6 rings (SSSR count). The van der Waals surface area contributed by atoms with E-state index in [4.69, 9.17) is 18.9 Å². The van der Waals surface area contributed by atoms with Gasteiger partial charge in [-0.25, -0.2) is 9.59 Å². The minimum Gasteiger partial charge on any atom is -0.456 e. The number of benzene rings is 2. The Kier molecular flexibility index (Phi) is 13.5. The number of allylic oxidation sites excluding steroid dienone is 2. The maximum atomic E-state index is 15.1. The number of ether oxygens (including phenoxy) is 4. The second-order valence-corrected chi connectivity index (χ2v) is 17.9. The van der Waals surface area contributed by atoms with Crippen LogP contribution in [0.15, 0.2) is 91.1 Å². The molecule has 14 heteroatoms. The number of aliphatic hydroxyl groups is 4. The molecule has 62 heavy (non-hydrogen) atoms. The Morgan fingerprint density at radius 3 is 2.34 bits per heavy atom. The number of Topliss-reactive ketones (excluding diaryl/α,β-unsaturated/α-hetero) is 1. The van der Waals surface area contributed by atoms with E-state index in [0.717, 1.165) is 12.5 Å². The zero-order valence-electron chi connectivity index (χ0n) is 36.0. The number of hydrogen-bond donors (Lipinski definition) is 5. The second-order valence-electron chi connectivity index (χ2n) is 17.9. The van der Waals surface area contributed by atoms with E-state index >= 15 is 4.79 Å². The van der Waals surface area contributed by atoms with Crippen LogP contribution in [0.5, 0.6) is 0 Å². The number of carbonyl (C=O) groups is 5. The predicted molar refractivity (Wildman–Crippen MR) is 225 cm³/mol. The maximum Gasteiger partial charge on any atom is 0.338 e. The average molecular weight is 858 g/mol. The first-order valence-electron chi connectivity index (χ1n) is 21.2. The molecule has 11 atom stereocenters. The number of amides is 1. The summed E-state index contributed by atoms with van der Waals surface area (Å²) in [5, 5.41) is 52.2. The number of carbonyl (C=O) groups excluding carboxylic acids is 5. The molecule has 14 nitrogen and oxygen atoms in total. The highest BCUT2D eigenvalue weighted by Gasteiger charge is 2.78. The third kappa shape index (κ3) is 8.07. The Balaban J connectivity index is 1.47. The number of nitrogens with one attached hydrogen (secondary N) is 1. The molecule has 3 aliphatic carbocycles. The summed E-state index contributed by atoms with van der Waals surface area (Å²) in [5.74, 6) is -5.72. The van der Waals surface area contributed by atoms with Gasteiger partial charge in [0.1, 0.15) is 30.0 Å². The monoisotopic (exact) mass is 857 g/mol. The van der Waals surface area contributed by atoms with Crippen molar-refractivity contribution in [3.8, 4) is 0 Å². The fourth-order valence-corrected chi connectivity index (χ4v) is 10.4. The van der Waals surface area contributed by atoms with Gasteiger partial charge in [-0.1, -0.05) is 68.5 Å². The molecule has 0 spiro atoms. The summed E-state index contributed by atoms with van der Waals surface area (Å²) in [5.41, 5.74) is -6.40. The van der Waals surface area contributed by atoms with Gasteiger partial charge in [0, 0.05) is 31.6 Å². The lowest BCUT2D eigenvalue weighted by molar-refractivity contribution is -0.346. The van der Waals surface area contributed by atoms with Gasteiger partial charge in [-0.05, 0) is 73.9 Å². The van der Waals surface area contributed by atoms with Crippen molar-refractivity contribution < 1.29 is 63.3 Å². The molecule has 0 unspecified atom stereocenters. The third-order valence-corrected chi connectivity index (χ3v) is 13.8. The Bertz CT molecular complexity index is 2110.